The molecule has 0 saturated carbocycles. The monoisotopic (exact) mass is 459 g/mol. The number of fused-ring (bicyclic) bond motifs is 1. The fourth-order valence-corrected chi connectivity index (χ4v) is 4.36. The molecule has 1 aliphatic rings. The highest BCUT2D eigenvalue weighted by atomic mass is 32.2. The third-order valence-corrected chi connectivity index (χ3v) is 6.46. The Kier molecular flexibility index (Phi) is 6.91. The van der Waals surface area contributed by atoms with Gasteiger partial charge in [-0.1, -0.05) is 11.6 Å². The third kappa shape index (κ3) is 5.38. The molecule has 32 heavy (non-hydrogen) atoms. The SMILES string of the molecule is COc1ccc(-c2noc(CCCCCNS(=O)(=O)c3ccc4c(c3)OCCO4)n2)cc1. The first-order chi connectivity index (χ1) is 15.5. The van der Waals surface area contributed by atoms with Gasteiger partial charge >= 0.3 is 0 Å². The minimum absolute atomic E-state index is 0.165. The summed E-state index contributed by atoms with van der Waals surface area (Å²) < 4.78 is 49.0. The van der Waals surface area contributed by atoms with E-state index < -0.39 is 10.0 Å². The topological polar surface area (TPSA) is 113 Å². The molecule has 0 saturated heterocycles. The number of rotatable bonds is 10. The predicted octanol–water partition coefficient (Wildman–Crippen LogP) is 3.21. The minimum atomic E-state index is -3.60. The first-order valence-electron chi connectivity index (χ1n) is 10.4. The van der Waals surface area contributed by atoms with Gasteiger partial charge in [0.05, 0.1) is 12.0 Å². The molecule has 1 N–H and O–H groups in total. The summed E-state index contributed by atoms with van der Waals surface area (Å²) in [5.74, 6) is 2.88. The fourth-order valence-electron chi connectivity index (χ4n) is 3.27. The standard InChI is InChI=1S/C22H25N3O6S/c1-28-17-8-6-16(7-9-17)22-24-21(31-25-22)5-3-2-4-12-23-32(26,27)18-10-11-19-20(15-18)30-14-13-29-19/h6-11,15,23H,2-5,12-14H2,1H3. The number of hydrogen-bond donors (Lipinski definition) is 1. The van der Waals surface area contributed by atoms with Crippen LogP contribution >= 0.6 is 0 Å². The van der Waals surface area contributed by atoms with Gasteiger partial charge in [0.1, 0.15) is 19.0 Å². The number of hydrogen-bond acceptors (Lipinski definition) is 8. The normalized spacial score (nSPS) is 13.2. The second-order valence-corrected chi connectivity index (χ2v) is 9.02. The molecule has 1 aromatic heterocycles. The largest absolute Gasteiger partial charge is 0.497 e. The maximum absolute atomic E-state index is 12.5. The minimum Gasteiger partial charge on any atom is -0.497 e. The van der Waals surface area contributed by atoms with Crippen LogP contribution in [0.1, 0.15) is 25.2 Å². The van der Waals surface area contributed by atoms with Crippen molar-refractivity contribution < 1.29 is 27.2 Å². The van der Waals surface area contributed by atoms with E-state index in [0.717, 1.165) is 24.2 Å². The van der Waals surface area contributed by atoms with Gasteiger partial charge in [-0.3, -0.25) is 0 Å². The lowest BCUT2D eigenvalue weighted by atomic mass is 10.2. The number of ether oxygens (including phenoxy) is 3. The van der Waals surface area contributed by atoms with Crippen LogP contribution in [0.15, 0.2) is 51.9 Å². The van der Waals surface area contributed by atoms with Gasteiger partial charge < -0.3 is 18.7 Å². The van der Waals surface area contributed by atoms with Crippen LogP contribution in [0, 0.1) is 0 Å². The lowest BCUT2D eigenvalue weighted by Gasteiger charge is -2.18. The average Bonchev–Trinajstić information content (AvgIpc) is 3.30. The number of nitrogens with zero attached hydrogens (tertiary/aromatic N) is 2. The Bertz CT molecular complexity index is 1140. The molecule has 0 fully saturated rings. The van der Waals surface area contributed by atoms with Crippen LogP contribution in [-0.2, 0) is 16.4 Å². The third-order valence-electron chi connectivity index (χ3n) is 5.00. The lowest BCUT2D eigenvalue weighted by molar-refractivity contribution is 0.171. The van der Waals surface area contributed by atoms with E-state index in [-0.39, 0.29) is 4.90 Å². The van der Waals surface area contributed by atoms with Gasteiger partial charge in [-0.25, -0.2) is 13.1 Å². The summed E-state index contributed by atoms with van der Waals surface area (Å²) in [5.41, 5.74) is 0.856. The van der Waals surface area contributed by atoms with Gasteiger partial charge in [0, 0.05) is 24.6 Å². The van der Waals surface area contributed by atoms with Crippen molar-refractivity contribution >= 4 is 10.0 Å². The van der Waals surface area contributed by atoms with Crippen LogP contribution in [0.3, 0.4) is 0 Å². The van der Waals surface area contributed by atoms with E-state index in [1.54, 1.807) is 13.2 Å². The molecule has 3 aromatic rings. The first-order valence-corrected chi connectivity index (χ1v) is 11.9. The van der Waals surface area contributed by atoms with Gasteiger partial charge in [0.15, 0.2) is 11.5 Å². The maximum atomic E-state index is 12.5. The van der Waals surface area contributed by atoms with Crippen molar-refractivity contribution in [3.63, 3.8) is 0 Å². The van der Waals surface area contributed by atoms with Crippen LogP contribution in [-0.4, -0.2) is 45.4 Å². The molecule has 4 rings (SSSR count). The summed E-state index contributed by atoms with van der Waals surface area (Å²) in [6.07, 6.45) is 2.97. The quantitative estimate of drug-likeness (QED) is 0.460. The second kappa shape index (κ2) is 10.0. The van der Waals surface area contributed by atoms with Gasteiger partial charge in [-0.05, 0) is 49.2 Å². The zero-order valence-electron chi connectivity index (χ0n) is 17.7. The number of benzene rings is 2. The Labute approximate surface area is 186 Å². The van der Waals surface area contributed by atoms with Crippen molar-refractivity contribution in [2.45, 2.75) is 30.6 Å². The summed E-state index contributed by atoms with van der Waals surface area (Å²) in [7, 11) is -1.98. The molecule has 0 atom stereocenters. The zero-order valence-corrected chi connectivity index (χ0v) is 18.6. The zero-order chi connectivity index (χ0) is 22.4. The lowest BCUT2D eigenvalue weighted by Crippen LogP contribution is -2.25. The van der Waals surface area contributed by atoms with Crippen molar-refractivity contribution in [1.82, 2.24) is 14.9 Å². The van der Waals surface area contributed by atoms with Gasteiger partial charge in [0.2, 0.25) is 21.7 Å². The van der Waals surface area contributed by atoms with Crippen molar-refractivity contribution in [2.75, 3.05) is 26.9 Å². The highest BCUT2D eigenvalue weighted by Crippen LogP contribution is 2.32. The van der Waals surface area contributed by atoms with Crippen LogP contribution in [0.5, 0.6) is 17.2 Å². The summed E-state index contributed by atoms with van der Waals surface area (Å²) in [6.45, 7) is 1.22. The van der Waals surface area contributed by atoms with E-state index in [9.17, 15) is 8.42 Å². The molecule has 170 valence electrons. The highest BCUT2D eigenvalue weighted by Gasteiger charge is 2.19. The van der Waals surface area contributed by atoms with Crippen molar-refractivity contribution in [3.8, 4) is 28.6 Å². The molecule has 2 aromatic carbocycles. The van der Waals surface area contributed by atoms with E-state index in [2.05, 4.69) is 14.9 Å². The van der Waals surface area contributed by atoms with E-state index in [1.807, 2.05) is 24.3 Å². The average molecular weight is 460 g/mol. The van der Waals surface area contributed by atoms with E-state index in [1.165, 1.54) is 12.1 Å². The maximum Gasteiger partial charge on any atom is 0.240 e. The van der Waals surface area contributed by atoms with E-state index >= 15 is 0 Å². The smallest absolute Gasteiger partial charge is 0.240 e. The Morgan fingerprint density at radius 1 is 1.00 bits per heavy atom. The number of nitrogens with one attached hydrogen (secondary N) is 1. The van der Waals surface area contributed by atoms with Crippen LogP contribution in [0.25, 0.3) is 11.4 Å². The molecule has 0 aliphatic carbocycles. The van der Waals surface area contributed by atoms with Crippen molar-refractivity contribution in [3.05, 3.63) is 48.4 Å². The molecule has 2 heterocycles. The highest BCUT2D eigenvalue weighted by molar-refractivity contribution is 7.89. The Morgan fingerprint density at radius 3 is 2.56 bits per heavy atom. The van der Waals surface area contributed by atoms with Gasteiger partial charge in [0.25, 0.3) is 0 Å². The number of aryl methyl sites for hydroxylation is 1. The Balaban J connectivity index is 1.20. The number of methoxy groups -OCH3 is 1. The van der Waals surface area contributed by atoms with Crippen LogP contribution in [0.4, 0.5) is 0 Å². The van der Waals surface area contributed by atoms with Gasteiger partial charge in [-0.2, -0.15) is 4.98 Å². The summed E-state index contributed by atoms with van der Waals surface area (Å²) in [4.78, 5) is 4.58. The predicted molar refractivity (Wildman–Crippen MR) is 116 cm³/mol. The van der Waals surface area contributed by atoms with Crippen molar-refractivity contribution in [1.29, 1.82) is 0 Å². The molecule has 0 unspecified atom stereocenters. The van der Waals surface area contributed by atoms with Crippen LogP contribution < -0.4 is 18.9 Å². The molecule has 0 bridgehead atoms. The van der Waals surface area contributed by atoms with Gasteiger partial charge in [-0.15, -0.1) is 0 Å². The summed E-state index contributed by atoms with van der Waals surface area (Å²) in [5, 5.41) is 4.02. The Morgan fingerprint density at radius 2 is 1.78 bits per heavy atom. The summed E-state index contributed by atoms with van der Waals surface area (Å²) >= 11 is 0. The Hall–Kier alpha value is -3.11. The molecular formula is C22H25N3O6S. The van der Waals surface area contributed by atoms with Crippen LogP contribution in [0.2, 0.25) is 0 Å². The van der Waals surface area contributed by atoms with E-state index in [0.29, 0.717) is 55.8 Å². The molecule has 10 heteroatoms. The molecule has 1 aliphatic heterocycles. The van der Waals surface area contributed by atoms with Crippen molar-refractivity contribution in [2.24, 2.45) is 0 Å². The number of aromatic nitrogens is 2. The molecule has 0 radical (unpaired) electrons. The molecular weight excluding hydrogens is 434 g/mol. The molecule has 9 nitrogen and oxygen atoms in total. The van der Waals surface area contributed by atoms with E-state index in [4.69, 9.17) is 18.7 Å². The summed E-state index contributed by atoms with van der Waals surface area (Å²) in [6, 6.07) is 12.1. The molecule has 0 amide bonds. The second-order valence-electron chi connectivity index (χ2n) is 7.25. The fraction of sp³-hybridized carbons (Fsp3) is 0.364. The first kappa shape index (κ1) is 22.1. The number of unbranched alkanes of at least 4 members (excludes halogenated alkanes) is 2. The number of sulfonamides is 1. The molecule has 0 spiro atoms.